The summed E-state index contributed by atoms with van der Waals surface area (Å²) in [4.78, 5) is 0. The van der Waals surface area contributed by atoms with Crippen LogP contribution >= 0.6 is 0 Å². The highest BCUT2D eigenvalue weighted by Crippen LogP contribution is 2.14. The molecule has 2 aromatic rings. The first kappa shape index (κ1) is 13.2. The van der Waals surface area contributed by atoms with Crippen molar-refractivity contribution in [2.45, 2.75) is 13.2 Å². The maximum absolute atomic E-state index is 5.40. The maximum Gasteiger partial charge on any atom is 0.0716 e. The quantitative estimate of drug-likeness (QED) is 0.822. The topological polar surface area (TPSA) is 21.3 Å². The lowest BCUT2D eigenvalue weighted by molar-refractivity contribution is 0.184. The second-order valence-corrected chi connectivity index (χ2v) is 4.28. The minimum Gasteiger partial charge on any atom is -0.381 e. The van der Waals surface area contributed by atoms with Crippen molar-refractivity contribution in [3.63, 3.8) is 0 Å². The van der Waals surface area contributed by atoms with Crippen molar-refractivity contribution in [2.75, 3.05) is 12.4 Å². The molecule has 0 atom stereocenters. The molecule has 0 saturated heterocycles. The number of hydrogen-bond donors (Lipinski definition) is 1. The predicted octanol–water partition coefficient (Wildman–Crippen LogP) is 3.43. The van der Waals surface area contributed by atoms with E-state index in [1.807, 2.05) is 36.4 Å². The zero-order valence-electron chi connectivity index (χ0n) is 11.0. The molecule has 0 bridgehead atoms. The maximum atomic E-state index is 5.40. The second-order valence-electron chi connectivity index (χ2n) is 4.28. The van der Waals surface area contributed by atoms with Crippen LogP contribution in [0.25, 0.3) is 0 Å². The number of hydrogen-bond acceptors (Lipinski definition) is 2. The first-order valence-corrected chi connectivity index (χ1v) is 6.19. The molecule has 0 amide bonds. The van der Waals surface area contributed by atoms with Crippen LogP contribution in [0.1, 0.15) is 16.7 Å². The minimum absolute atomic E-state index is 0.627. The van der Waals surface area contributed by atoms with Gasteiger partial charge in [-0.2, -0.15) is 0 Å². The Morgan fingerprint density at radius 1 is 1.11 bits per heavy atom. The Labute approximate surface area is 114 Å². The van der Waals surface area contributed by atoms with Gasteiger partial charge in [-0.05, 0) is 29.3 Å². The summed E-state index contributed by atoms with van der Waals surface area (Å²) in [5.41, 5.74) is 4.35. The van der Waals surface area contributed by atoms with Gasteiger partial charge in [-0.25, -0.2) is 0 Å². The molecule has 0 fully saturated rings. The summed E-state index contributed by atoms with van der Waals surface area (Å²) in [5.74, 6) is 2.64. The fraction of sp³-hybridized carbons (Fsp3) is 0.176. The summed E-state index contributed by atoms with van der Waals surface area (Å²) in [6.45, 7) is 1.38. The van der Waals surface area contributed by atoms with Crippen LogP contribution in [0, 0.1) is 12.3 Å². The van der Waals surface area contributed by atoms with Gasteiger partial charge in [-0.1, -0.05) is 36.3 Å². The molecule has 0 heterocycles. The van der Waals surface area contributed by atoms with Gasteiger partial charge in [-0.3, -0.25) is 0 Å². The Morgan fingerprint density at radius 3 is 2.63 bits per heavy atom. The van der Waals surface area contributed by atoms with Gasteiger partial charge in [0.25, 0.3) is 0 Å². The average Bonchev–Trinajstić information content (AvgIpc) is 2.47. The first-order chi connectivity index (χ1) is 9.33. The van der Waals surface area contributed by atoms with Crippen molar-refractivity contribution in [3.8, 4) is 12.3 Å². The summed E-state index contributed by atoms with van der Waals surface area (Å²) >= 11 is 0. The van der Waals surface area contributed by atoms with Gasteiger partial charge in [0.1, 0.15) is 0 Å². The van der Waals surface area contributed by atoms with E-state index < -0.39 is 0 Å². The number of benzene rings is 2. The summed E-state index contributed by atoms with van der Waals surface area (Å²) < 4.78 is 5.20. The molecule has 0 saturated carbocycles. The van der Waals surface area contributed by atoms with Crippen LogP contribution in [0.3, 0.4) is 0 Å². The number of anilines is 1. The van der Waals surface area contributed by atoms with Gasteiger partial charge in [0, 0.05) is 24.9 Å². The number of nitrogens with one attached hydrogen (secondary N) is 1. The average molecular weight is 251 g/mol. The molecule has 0 aromatic heterocycles. The normalized spacial score (nSPS) is 9.89. The third-order valence-electron chi connectivity index (χ3n) is 2.93. The molecule has 2 heteroatoms. The van der Waals surface area contributed by atoms with Gasteiger partial charge >= 0.3 is 0 Å². The van der Waals surface area contributed by atoms with Crippen LogP contribution in [0.15, 0.2) is 48.5 Å². The van der Waals surface area contributed by atoms with Crippen LogP contribution in [0.4, 0.5) is 5.69 Å². The number of methoxy groups -OCH3 is 1. The van der Waals surface area contributed by atoms with E-state index in [1.165, 1.54) is 11.1 Å². The van der Waals surface area contributed by atoms with E-state index in [9.17, 15) is 0 Å². The van der Waals surface area contributed by atoms with E-state index in [4.69, 9.17) is 11.2 Å². The summed E-state index contributed by atoms with van der Waals surface area (Å²) in [5, 5.41) is 3.38. The highest BCUT2D eigenvalue weighted by atomic mass is 16.5. The monoisotopic (exact) mass is 251 g/mol. The van der Waals surface area contributed by atoms with E-state index in [1.54, 1.807) is 7.11 Å². The van der Waals surface area contributed by atoms with Gasteiger partial charge in [0.2, 0.25) is 0 Å². The molecule has 0 unspecified atom stereocenters. The van der Waals surface area contributed by atoms with Crippen LogP contribution in [0.5, 0.6) is 0 Å². The molecule has 0 radical (unpaired) electrons. The molecule has 2 aromatic carbocycles. The lowest BCUT2D eigenvalue weighted by atomic mass is 10.1. The summed E-state index contributed by atoms with van der Waals surface area (Å²) in [7, 11) is 1.71. The summed E-state index contributed by atoms with van der Waals surface area (Å²) in [6, 6.07) is 16.1. The first-order valence-electron chi connectivity index (χ1n) is 6.19. The van der Waals surface area contributed by atoms with Gasteiger partial charge < -0.3 is 10.1 Å². The largest absolute Gasteiger partial charge is 0.381 e. The molecule has 2 nitrogen and oxygen atoms in total. The van der Waals surface area contributed by atoms with E-state index in [0.29, 0.717) is 6.61 Å². The highest BCUT2D eigenvalue weighted by Gasteiger charge is 2.01. The molecule has 96 valence electrons. The molecule has 2 rings (SSSR count). The Bertz CT molecular complexity index is 584. The molecule has 19 heavy (non-hydrogen) atoms. The van der Waals surface area contributed by atoms with Gasteiger partial charge in [0.15, 0.2) is 0 Å². The molecular formula is C17H17NO. The standard InChI is InChI=1S/C17H17NO/c1-3-14-7-6-10-17(11-14)18-12-15-8-4-5-9-16(15)13-19-2/h1,4-11,18H,12-13H2,2H3. The molecular weight excluding hydrogens is 234 g/mol. The number of ether oxygens (including phenoxy) is 1. The van der Waals surface area contributed by atoms with Crippen LogP contribution in [-0.4, -0.2) is 7.11 Å². The Kier molecular flexibility index (Phi) is 4.60. The van der Waals surface area contributed by atoms with Crippen molar-refractivity contribution in [1.29, 1.82) is 0 Å². The lowest BCUT2D eigenvalue weighted by Gasteiger charge is -2.11. The minimum atomic E-state index is 0.627. The second kappa shape index (κ2) is 6.63. The van der Waals surface area contributed by atoms with Gasteiger partial charge in [-0.15, -0.1) is 6.42 Å². The van der Waals surface area contributed by atoms with Crippen molar-refractivity contribution in [3.05, 3.63) is 65.2 Å². The van der Waals surface area contributed by atoms with Crippen LogP contribution in [-0.2, 0) is 17.9 Å². The lowest BCUT2D eigenvalue weighted by Crippen LogP contribution is -2.03. The van der Waals surface area contributed by atoms with Crippen molar-refractivity contribution in [2.24, 2.45) is 0 Å². The van der Waals surface area contributed by atoms with Crippen LogP contribution < -0.4 is 5.32 Å². The summed E-state index contributed by atoms with van der Waals surface area (Å²) in [6.07, 6.45) is 5.40. The van der Waals surface area contributed by atoms with E-state index in [2.05, 4.69) is 23.4 Å². The predicted molar refractivity (Wildman–Crippen MR) is 78.9 cm³/mol. The van der Waals surface area contributed by atoms with Gasteiger partial charge in [0.05, 0.1) is 6.61 Å². The Morgan fingerprint density at radius 2 is 1.89 bits per heavy atom. The molecule has 0 aliphatic rings. The fourth-order valence-corrected chi connectivity index (χ4v) is 1.94. The van der Waals surface area contributed by atoms with Crippen LogP contribution in [0.2, 0.25) is 0 Å². The van der Waals surface area contributed by atoms with Crippen molar-refractivity contribution < 1.29 is 4.74 Å². The molecule has 1 N–H and O–H groups in total. The smallest absolute Gasteiger partial charge is 0.0716 e. The highest BCUT2D eigenvalue weighted by molar-refractivity contribution is 5.50. The molecule has 0 aliphatic heterocycles. The fourth-order valence-electron chi connectivity index (χ4n) is 1.94. The zero-order chi connectivity index (χ0) is 13.5. The number of terminal acetylenes is 1. The third kappa shape index (κ3) is 3.61. The SMILES string of the molecule is C#Cc1cccc(NCc2ccccc2COC)c1. The van der Waals surface area contributed by atoms with E-state index >= 15 is 0 Å². The Balaban J connectivity index is 2.08. The van der Waals surface area contributed by atoms with E-state index in [0.717, 1.165) is 17.8 Å². The van der Waals surface area contributed by atoms with Crippen molar-refractivity contribution in [1.82, 2.24) is 0 Å². The zero-order valence-corrected chi connectivity index (χ0v) is 11.0. The molecule has 0 spiro atoms. The Hall–Kier alpha value is -2.24. The van der Waals surface area contributed by atoms with Crippen molar-refractivity contribution >= 4 is 5.69 Å². The number of rotatable bonds is 5. The van der Waals surface area contributed by atoms with E-state index in [-0.39, 0.29) is 0 Å². The molecule has 0 aliphatic carbocycles. The third-order valence-corrected chi connectivity index (χ3v) is 2.93.